The van der Waals surface area contributed by atoms with Crippen molar-refractivity contribution in [3.05, 3.63) is 35.9 Å². The van der Waals surface area contributed by atoms with Gasteiger partial charge < -0.3 is 19.9 Å². The Morgan fingerprint density at radius 2 is 2.09 bits per heavy atom. The number of nitrogens with zero attached hydrogens (tertiary/aromatic N) is 2. The number of hydrogen-bond acceptors (Lipinski definition) is 3. The van der Waals surface area contributed by atoms with Crippen molar-refractivity contribution in [3.8, 4) is 0 Å². The third kappa shape index (κ3) is 3.85. The fourth-order valence-corrected chi connectivity index (χ4v) is 3.49. The SMILES string of the molecule is CC(NC(=O)N1CCN(C)CC1c1ccccc1)C1CCCO1. The first-order chi connectivity index (χ1) is 11.1. The Morgan fingerprint density at radius 1 is 1.30 bits per heavy atom. The number of carbonyl (C=O) groups is 1. The van der Waals surface area contributed by atoms with Gasteiger partial charge in [-0.05, 0) is 32.4 Å². The number of likely N-dealkylation sites (N-methyl/N-ethyl adjacent to an activating group) is 1. The number of hydrogen-bond donors (Lipinski definition) is 1. The molecule has 0 aliphatic carbocycles. The number of piperazine rings is 1. The van der Waals surface area contributed by atoms with E-state index in [9.17, 15) is 4.79 Å². The van der Waals surface area contributed by atoms with Crippen molar-refractivity contribution in [1.29, 1.82) is 0 Å². The van der Waals surface area contributed by atoms with E-state index in [1.807, 2.05) is 30.0 Å². The van der Waals surface area contributed by atoms with Crippen LogP contribution in [-0.2, 0) is 4.74 Å². The van der Waals surface area contributed by atoms with Gasteiger partial charge in [0.1, 0.15) is 0 Å². The zero-order chi connectivity index (χ0) is 16.2. The Hall–Kier alpha value is -1.59. The molecule has 126 valence electrons. The molecule has 2 aliphatic rings. The highest BCUT2D eigenvalue weighted by molar-refractivity contribution is 5.75. The van der Waals surface area contributed by atoms with Crippen molar-refractivity contribution < 1.29 is 9.53 Å². The van der Waals surface area contributed by atoms with Crippen molar-refractivity contribution in [2.24, 2.45) is 0 Å². The molecule has 3 unspecified atom stereocenters. The van der Waals surface area contributed by atoms with Crippen LogP contribution < -0.4 is 5.32 Å². The molecule has 1 N–H and O–H groups in total. The summed E-state index contributed by atoms with van der Waals surface area (Å²) in [5.41, 5.74) is 1.19. The third-order valence-electron chi connectivity index (χ3n) is 4.90. The molecular weight excluding hydrogens is 290 g/mol. The summed E-state index contributed by atoms with van der Waals surface area (Å²) in [6.07, 6.45) is 2.28. The molecule has 2 heterocycles. The molecule has 0 saturated carbocycles. The maximum absolute atomic E-state index is 12.8. The van der Waals surface area contributed by atoms with E-state index < -0.39 is 0 Å². The third-order valence-corrected chi connectivity index (χ3v) is 4.90. The second kappa shape index (κ2) is 7.32. The molecule has 23 heavy (non-hydrogen) atoms. The topological polar surface area (TPSA) is 44.8 Å². The number of benzene rings is 1. The van der Waals surface area contributed by atoms with Gasteiger partial charge in [0.15, 0.2) is 0 Å². The minimum atomic E-state index is 0.0231. The van der Waals surface area contributed by atoms with Crippen molar-refractivity contribution in [2.75, 3.05) is 33.3 Å². The molecule has 0 aromatic heterocycles. The lowest BCUT2D eigenvalue weighted by Gasteiger charge is -2.41. The lowest BCUT2D eigenvalue weighted by atomic mass is 10.0. The highest BCUT2D eigenvalue weighted by Gasteiger charge is 2.32. The summed E-state index contributed by atoms with van der Waals surface area (Å²) >= 11 is 0. The Labute approximate surface area is 138 Å². The molecule has 5 nitrogen and oxygen atoms in total. The summed E-state index contributed by atoms with van der Waals surface area (Å²) in [6, 6.07) is 10.5. The zero-order valence-electron chi connectivity index (χ0n) is 14.1. The fraction of sp³-hybridized carbons (Fsp3) is 0.611. The second-order valence-corrected chi connectivity index (χ2v) is 6.67. The number of urea groups is 1. The number of amides is 2. The summed E-state index contributed by atoms with van der Waals surface area (Å²) in [5, 5.41) is 3.15. The molecule has 1 aromatic rings. The molecule has 1 aromatic carbocycles. The van der Waals surface area contributed by atoms with E-state index in [-0.39, 0.29) is 24.2 Å². The summed E-state index contributed by atoms with van der Waals surface area (Å²) < 4.78 is 5.69. The highest BCUT2D eigenvalue weighted by atomic mass is 16.5. The van der Waals surface area contributed by atoms with Crippen LogP contribution in [0.25, 0.3) is 0 Å². The molecule has 2 saturated heterocycles. The van der Waals surface area contributed by atoms with Gasteiger partial charge >= 0.3 is 6.03 Å². The molecule has 3 atom stereocenters. The maximum atomic E-state index is 12.8. The Bertz CT molecular complexity index is 516. The molecule has 3 rings (SSSR count). The molecule has 0 spiro atoms. The van der Waals surface area contributed by atoms with Crippen molar-refractivity contribution in [2.45, 2.75) is 38.0 Å². The monoisotopic (exact) mass is 317 g/mol. The molecule has 2 aliphatic heterocycles. The molecule has 2 amide bonds. The van der Waals surface area contributed by atoms with Crippen LogP contribution in [0.3, 0.4) is 0 Å². The van der Waals surface area contributed by atoms with E-state index in [0.29, 0.717) is 0 Å². The van der Waals surface area contributed by atoms with Crippen LogP contribution in [0.5, 0.6) is 0 Å². The summed E-state index contributed by atoms with van der Waals surface area (Å²) in [7, 11) is 2.11. The Kier molecular flexibility index (Phi) is 5.18. The van der Waals surface area contributed by atoms with Gasteiger partial charge in [0.05, 0.1) is 18.2 Å². The van der Waals surface area contributed by atoms with Crippen LogP contribution in [0.2, 0.25) is 0 Å². The smallest absolute Gasteiger partial charge is 0.318 e. The molecule has 0 radical (unpaired) electrons. The zero-order valence-corrected chi connectivity index (χ0v) is 14.1. The van der Waals surface area contributed by atoms with E-state index >= 15 is 0 Å². The summed E-state index contributed by atoms with van der Waals surface area (Å²) in [5.74, 6) is 0. The summed E-state index contributed by atoms with van der Waals surface area (Å²) in [6.45, 7) is 5.38. The van der Waals surface area contributed by atoms with E-state index in [1.165, 1.54) is 5.56 Å². The predicted octanol–water partition coefficient (Wildman–Crippen LogP) is 2.25. The first-order valence-electron chi connectivity index (χ1n) is 8.57. The van der Waals surface area contributed by atoms with Crippen LogP contribution in [0.4, 0.5) is 4.79 Å². The van der Waals surface area contributed by atoms with Gasteiger partial charge in [0.25, 0.3) is 0 Å². The largest absolute Gasteiger partial charge is 0.376 e. The van der Waals surface area contributed by atoms with E-state index in [2.05, 4.69) is 29.4 Å². The van der Waals surface area contributed by atoms with Gasteiger partial charge in [-0.3, -0.25) is 0 Å². The Morgan fingerprint density at radius 3 is 2.78 bits per heavy atom. The first kappa shape index (κ1) is 16.3. The minimum Gasteiger partial charge on any atom is -0.376 e. The average molecular weight is 317 g/mol. The van der Waals surface area contributed by atoms with E-state index in [0.717, 1.165) is 39.1 Å². The van der Waals surface area contributed by atoms with E-state index in [4.69, 9.17) is 4.74 Å². The van der Waals surface area contributed by atoms with Crippen LogP contribution >= 0.6 is 0 Å². The van der Waals surface area contributed by atoms with Gasteiger partial charge in [0.2, 0.25) is 0 Å². The predicted molar refractivity (Wildman–Crippen MR) is 90.4 cm³/mol. The number of nitrogens with one attached hydrogen (secondary N) is 1. The lowest BCUT2D eigenvalue weighted by Crippen LogP contribution is -2.55. The quantitative estimate of drug-likeness (QED) is 0.930. The van der Waals surface area contributed by atoms with Gasteiger partial charge in [-0.2, -0.15) is 0 Å². The lowest BCUT2D eigenvalue weighted by molar-refractivity contribution is 0.0743. The van der Waals surface area contributed by atoms with Crippen LogP contribution in [0, 0.1) is 0 Å². The standard InChI is InChI=1S/C18H27N3O2/c1-14(17-9-6-12-23-17)19-18(22)21-11-10-20(2)13-16(21)15-7-4-3-5-8-15/h3-5,7-8,14,16-17H,6,9-13H2,1-2H3,(H,19,22). The van der Waals surface area contributed by atoms with Gasteiger partial charge in [0, 0.05) is 26.2 Å². The number of carbonyl (C=O) groups excluding carboxylic acids is 1. The molecular formula is C18H27N3O2. The molecule has 5 heteroatoms. The first-order valence-corrected chi connectivity index (χ1v) is 8.57. The Balaban J connectivity index is 1.69. The minimum absolute atomic E-state index is 0.0231. The average Bonchev–Trinajstić information content (AvgIpc) is 3.10. The van der Waals surface area contributed by atoms with Gasteiger partial charge in [-0.15, -0.1) is 0 Å². The van der Waals surface area contributed by atoms with Crippen LogP contribution in [0.1, 0.15) is 31.4 Å². The van der Waals surface area contributed by atoms with Crippen LogP contribution in [0.15, 0.2) is 30.3 Å². The summed E-state index contributed by atoms with van der Waals surface area (Å²) in [4.78, 5) is 17.1. The van der Waals surface area contributed by atoms with Crippen molar-refractivity contribution in [1.82, 2.24) is 15.1 Å². The normalized spacial score (nSPS) is 27.0. The maximum Gasteiger partial charge on any atom is 0.318 e. The van der Waals surface area contributed by atoms with Crippen molar-refractivity contribution in [3.63, 3.8) is 0 Å². The fourth-order valence-electron chi connectivity index (χ4n) is 3.49. The van der Waals surface area contributed by atoms with Crippen molar-refractivity contribution >= 4 is 6.03 Å². The van der Waals surface area contributed by atoms with Gasteiger partial charge in [-0.25, -0.2) is 4.79 Å². The molecule has 0 bridgehead atoms. The van der Waals surface area contributed by atoms with Crippen LogP contribution in [-0.4, -0.2) is 61.3 Å². The number of ether oxygens (including phenoxy) is 1. The molecule has 2 fully saturated rings. The van der Waals surface area contributed by atoms with Gasteiger partial charge in [-0.1, -0.05) is 30.3 Å². The highest BCUT2D eigenvalue weighted by Crippen LogP contribution is 2.25. The second-order valence-electron chi connectivity index (χ2n) is 6.67. The van der Waals surface area contributed by atoms with E-state index in [1.54, 1.807) is 0 Å². The number of rotatable bonds is 3.